The summed E-state index contributed by atoms with van der Waals surface area (Å²) in [6, 6.07) is 0.850. The van der Waals surface area contributed by atoms with Crippen molar-refractivity contribution in [3.05, 3.63) is 53.1 Å². The smallest absolute Gasteiger partial charge is 0.262 e. The fourth-order valence-electron chi connectivity index (χ4n) is 2.23. The number of carbonyl (C=O) groups is 2. The number of nitrogens with one attached hydrogen (secondary N) is 1. The van der Waals surface area contributed by atoms with Gasteiger partial charge in [-0.3, -0.25) is 14.5 Å². The third-order valence-electron chi connectivity index (χ3n) is 3.26. The quantitative estimate of drug-likeness (QED) is 0.854. The Labute approximate surface area is 112 Å². The monoisotopic (exact) mass is 277 g/mol. The first-order chi connectivity index (χ1) is 9.50. The van der Waals surface area contributed by atoms with Gasteiger partial charge in [-0.25, -0.2) is 13.8 Å². The van der Waals surface area contributed by atoms with Crippen molar-refractivity contribution in [2.75, 3.05) is 0 Å². The number of nitrogens with zero attached hydrogens (tertiary/aromatic N) is 2. The van der Waals surface area contributed by atoms with E-state index in [1.807, 2.05) is 0 Å². The maximum atomic E-state index is 13.2. The van der Waals surface area contributed by atoms with Crippen LogP contribution in [0.15, 0.2) is 24.5 Å². The molecule has 2 heterocycles. The number of amides is 2. The fraction of sp³-hybridized carbons (Fsp3) is 0.154. The highest BCUT2D eigenvalue weighted by atomic mass is 19.2. The van der Waals surface area contributed by atoms with Gasteiger partial charge >= 0.3 is 0 Å². The van der Waals surface area contributed by atoms with Gasteiger partial charge in [-0.2, -0.15) is 0 Å². The Kier molecular flexibility index (Phi) is 2.63. The Hall–Kier alpha value is -2.57. The summed E-state index contributed by atoms with van der Waals surface area (Å²) in [5, 5.41) is 0. The van der Waals surface area contributed by atoms with Crippen LogP contribution in [0.25, 0.3) is 0 Å². The van der Waals surface area contributed by atoms with Gasteiger partial charge in [0.1, 0.15) is 5.82 Å². The Bertz CT molecular complexity index is 672. The number of hydrogen-bond acceptors (Lipinski definition) is 3. The SMILES string of the molecule is CC(c1ncc[nH]1)N1C(=O)c2cc(F)c(F)cc2C1=O. The molecule has 1 aliphatic heterocycles. The molecule has 0 fully saturated rings. The van der Waals surface area contributed by atoms with Gasteiger partial charge in [0.15, 0.2) is 11.6 Å². The van der Waals surface area contributed by atoms with Crippen LogP contribution in [0.2, 0.25) is 0 Å². The second-order valence-electron chi connectivity index (χ2n) is 4.44. The standard InChI is InChI=1S/C13H9F2N3O2/c1-6(11-16-2-3-17-11)18-12(19)7-4-9(14)10(15)5-8(7)13(18)20/h2-6H,1H3,(H,16,17). The minimum Gasteiger partial charge on any atom is -0.347 e. The predicted octanol–water partition coefficient (Wildman–Crippen LogP) is 2.05. The first-order valence-electron chi connectivity index (χ1n) is 5.87. The number of benzene rings is 1. The van der Waals surface area contributed by atoms with Crippen molar-refractivity contribution in [3.8, 4) is 0 Å². The molecule has 20 heavy (non-hydrogen) atoms. The van der Waals surface area contributed by atoms with Gasteiger partial charge in [-0.05, 0) is 19.1 Å². The molecular formula is C13H9F2N3O2. The number of hydrogen-bond donors (Lipinski definition) is 1. The number of aromatic nitrogens is 2. The molecule has 0 aliphatic carbocycles. The van der Waals surface area contributed by atoms with E-state index in [0.29, 0.717) is 5.82 Å². The molecule has 3 rings (SSSR count). The average molecular weight is 277 g/mol. The number of carbonyl (C=O) groups excluding carboxylic acids is 2. The first-order valence-corrected chi connectivity index (χ1v) is 5.87. The van der Waals surface area contributed by atoms with Gasteiger partial charge < -0.3 is 4.98 Å². The molecule has 1 aromatic carbocycles. The van der Waals surface area contributed by atoms with Crippen LogP contribution in [0.4, 0.5) is 8.78 Å². The van der Waals surface area contributed by atoms with E-state index in [4.69, 9.17) is 0 Å². The van der Waals surface area contributed by atoms with Crippen LogP contribution in [0.5, 0.6) is 0 Å². The summed E-state index contributed by atoms with van der Waals surface area (Å²) in [6.07, 6.45) is 3.05. The molecule has 102 valence electrons. The van der Waals surface area contributed by atoms with Crippen molar-refractivity contribution in [1.29, 1.82) is 0 Å². The highest BCUT2D eigenvalue weighted by Crippen LogP contribution is 2.31. The zero-order valence-electron chi connectivity index (χ0n) is 10.4. The highest BCUT2D eigenvalue weighted by molar-refractivity contribution is 6.21. The summed E-state index contributed by atoms with van der Waals surface area (Å²) in [4.78, 5) is 32.1. The summed E-state index contributed by atoms with van der Waals surface area (Å²) in [5.41, 5.74) is -0.264. The average Bonchev–Trinajstić information content (AvgIpc) is 3.01. The van der Waals surface area contributed by atoms with Crippen LogP contribution < -0.4 is 0 Å². The molecule has 1 N–H and O–H groups in total. The molecule has 0 radical (unpaired) electrons. The Morgan fingerprint density at radius 1 is 1.15 bits per heavy atom. The Morgan fingerprint density at radius 2 is 1.70 bits per heavy atom. The third kappa shape index (κ3) is 1.63. The van der Waals surface area contributed by atoms with E-state index >= 15 is 0 Å². The van der Waals surface area contributed by atoms with Crippen LogP contribution in [0, 0.1) is 11.6 Å². The normalized spacial score (nSPS) is 15.7. The molecule has 5 nitrogen and oxygen atoms in total. The van der Waals surface area contributed by atoms with Crippen molar-refractivity contribution in [2.24, 2.45) is 0 Å². The van der Waals surface area contributed by atoms with Gasteiger partial charge in [0, 0.05) is 12.4 Å². The molecule has 1 aromatic heterocycles. The van der Waals surface area contributed by atoms with E-state index in [2.05, 4.69) is 9.97 Å². The molecule has 2 aromatic rings. The summed E-state index contributed by atoms with van der Waals surface area (Å²) in [6.45, 7) is 1.60. The highest BCUT2D eigenvalue weighted by Gasteiger charge is 2.40. The molecule has 1 atom stereocenters. The predicted molar refractivity (Wildman–Crippen MR) is 63.9 cm³/mol. The lowest BCUT2D eigenvalue weighted by Gasteiger charge is -2.20. The maximum Gasteiger partial charge on any atom is 0.262 e. The second-order valence-corrected chi connectivity index (χ2v) is 4.44. The third-order valence-corrected chi connectivity index (χ3v) is 3.26. The van der Waals surface area contributed by atoms with E-state index in [-0.39, 0.29) is 11.1 Å². The van der Waals surface area contributed by atoms with Crippen LogP contribution in [-0.4, -0.2) is 26.7 Å². The van der Waals surface area contributed by atoms with Crippen LogP contribution >= 0.6 is 0 Å². The number of rotatable bonds is 2. The van der Waals surface area contributed by atoms with Crippen molar-refractivity contribution in [3.63, 3.8) is 0 Å². The topological polar surface area (TPSA) is 66.1 Å². The molecular weight excluding hydrogens is 268 g/mol. The lowest BCUT2D eigenvalue weighted by molar-refractivity contribution is 0.0589. The number of imidazole rings is 1. The van der Waals surface area contributed by atoms with Crippen LogP contribution in [-0.2, 0) is 0 Å². The largest absolute Gasteiger partial charge is 0.347 e. The van der Waals surface area contributed by atoms with E-state index in [0.717, 1.165) is 17.0 Å². The minimum atomic E-state index is -1.16. The molecule has 1 unspecified atom stereocenters. The van der Waals surface area contributed by atoms with Crippen molar-refractivity contribution in [2.45, 2.75) is 13.0 Å². The van der Waals surface area contributed by atoms with Crippen LogP contribution in [0.1, 0.15) is 39.5 Å². The zero-order chi connectivity index (χ0) is 14.4. The van der Waals surface area contributed by atoms with Gasteiger partial charge in [0.2, 0.25) is 0 Å². The van der Waals surface area contributed by atoms with Gasteiger partial charge in [0.25, 0.3) is 11.8 Å². The molecule has 0 saturated heterocycles. The summed E-state index contributed by atoms with van der Waals surface area (Å²) >= 11 is 0. The number of aromatic amines is 1. The molecule has 2 amide bonds. The van der Waals surface area contributed by atoms with E-state index in [1.54, 1.807) is 13.1 Å². The molecule has 0 bridgehead atoms. The summed E-state index contributed by atoms with van der Waals surface area (Å²) in [5.74, 6) is -3.21. The van der Waals surface area contributed by atoms with Crippen molar-refractivity contribution < 1.29 is 18.4 Å². The number of H-pyrrole nitrogens is 1. The van der Waals surface area contributed by atoms with E-state index in [1.165, 1.54) is 6.20 Å². The fourth-order valence-corrected chi connectivity index (χ4v) is 2.23. The van der Waals surface area contributed by atoms with Gasteiger partial charge in [-0.15, -0.1) is 0 Å². The van der Waals surface area contributed by atoms with Crippen molar-refractivity contribution in [1.82, 2.24) is 14.9 Å². The number of fused-ring (bicyclic) bond motifs is 1. The summed E-state index contributed by atoms with van der Waals surface area (Å²) < 4.78 is 26.4. The first kappa shape index (κ1) is 12.5. The lowest BCUT2D eigenvalue weighted by atomic mass is 10.1. The molecule has 7 heteroatoms. The maximum absolute atomic E-state index is 13.2. The van der Waals surface area contributed by atoms with E-state index < -0.39 is 29.5 Å². The molecule has 0 spiro atoms. The van der Waals surface area contributed by atoms with Gasteiger partial charge in [-0.1, -0.05) is 0 Å². The molecule has 0 saturated carbocycles. The number of imide groups is 1. The van der Waals surface area contributed by atoms with Crippen molar-refractivity contribution >= 4 is 11.8 Å². The zero-order valence-corrected chi connectivity index (χ0v) is 10.4. The Balaban J connectivity index is 2.05. The minimum absolute atomic E-state index is 0.132. The second kappa shape index (κ2) is 4.22. The van der Waals surface area contributed by atoms with Crippen LogP contribution in [0.3, 0.4) is 0 Å². The molecule has 1 aliphatic rings. The lowest BCUT2D eigenvalue weighted by Crippen LogP contribution is -2.33. The summed E-state index contributed by atoms with van der Waals surface area (Å²) in [7, 11) is 0. The van der Waals surface area contributed by atoms with E-state index in [9.17, 15) is 18.4 Å². The van der Waals surface area contributed by atoms with Gasteiger partial charge in [0.05, 0.1) is 17.2 Å². The number of halogens is 2. The Morgan fingerprint density at radius 3 is 2.15 bits per heavy atom.